The van der Waals surface area contributed by atoms with Crippen molar-refractivity contribution in [2.75, 3.05) is 19.0 Å². The number of anilines is 2. The Morgan fingerprint density at radius 2 is 2.09 bits per heavy atom. The first-order valence-electron chi connectivity index (χ1n) is 9.97. The molecule has 3 heterocycles. The summed E-state index contributed by atoms with van der Waals surface area (Å²) in [4.78, 5) is 19.1. The molecule has 1 aliphatic rings. The van der Waals surface area contributed by atoms with Crippen molar-refractivity contribution in [2.24, 2.45) is 0 Å². The number of nitro groups is 1. The minimum absolute atomic E-state index is 0.0580. The number of methoxy groups -OCH3 is 1. The minimum atomic E-state index is -1.02. The van der Waals surface area contributed by atoms with Crippen LogP contribution in [0.2, 0.25) is 0 Å². The molecule has 0 spiro atoms. The van der Waals surface area contributed by atoms with E-state index in [9.17, 15) is 18.9 Å². The van der Waals surface area contributed by atoms with Crippen LogP contribution in [0.3, 0.4) is 0 Å². The van der Waals surface area contributed by atoms with Crippen LogP contribution in [0.5, 0.6) is 5.75 Å². The second-order valence-electron chi connectivity index (χ2n) is 7.34. The zero-order valence-corrected chi connectivity index (χ0v) is 17.3. The summed E-state index contributed by atoms with van der Waals surface area (Å²) in [6.45, 7) is 1.45. The van der Waals surface area contributed by atoms with E-state index in [0.29, 0.717) is 25.5 Å². The van der Waals surface area contributed by atoms with Crippen molar-refractivity contribution in [3.8, 4) is 17.0 Å². The van der Waals surface area contributed by atoms with Gasteiger partial charge in [-0.25, -0.2) is 14.4 Å². The van der Waals surface area contributed by atoms with Crippen LogP contribution in [0.15, 0.2) is 42.6 Å². The van der Waals surface area contributed by atoms with E-state index in [1.165, 1.54) is 25.4 Å². The Balaban J connectivity index is 1.60. The van der Waals surface area contributed by atoms with Gasteiger partial charge in [0.2, 0.25) is 11.8 Å². The Hall–Kier alpha value is -4.12. The Bertz CT molecular complexity index is 1410. The van der Waals surface area contributed by atoms with Crippen molar-refractivity contribution in [3.05, 3.63) is 70.0 Å². The first kappa shape index (κ1) is 20.8. The molecule has 5 rings (SSSR count). The van der Waals surface area contributed by atoms with E-state index in [-0.39, 0.29) is 23.2 Å². The van der Waals surface area contributed by atoms with Crippen molar-refractivity contribution < 1.29 is 23.2 Å². The highest BCUT2D eigenvalue weighted by Gasteiger charge is 2.24. The molecule has 33 heavy (non-hydrogen) atoms. The monoisotopic (exact) mass is 453 g/mol. The summed E-state index contributed by atoms with van der Waals surface area (Å²) in [5.74, 6) is -1.17. The molecule has 0 atom stereocenters. The Kier molecular flexibility index (Phi) is 5.09. The largest absolute Gasteiger partial charge is 0.494 e. The van der Waals surface area contributed by atoms with Gasteiger partial charge in [0, 0.05) is 35.8 Å². The summed E-state index contributed by atoms with van der Waals surface area (Å²) >= 11 is 0. The van der Waals surface area contributed by atoms with Gasteiger partial charge in [-0.1, -0.05) is 0 Å². The maximum Gasteiger partial charge on any atom is 0.307 e. The third kappa shape index (κ3) is 3.61. The number of rotatable bonds is 5. The maximum atomic E-state index is 14.0. The first-order chi connectivity index (χ1) is 16.0. The predicted molar refractivity (Wildman–Crippen MR) is 115 cm³/mol. The zero-order chi connectivity index (χ0) is 23.1. The molecule has 0 unspecified atom stereocenters. The van der Waals surface area contributed by atoms with Crippen LogP contribution < -0.4 is 10.1 Å². The smallest absolute Gasteiger partial charge is 0.307 e. The standard InChI is InChI=1S/C22H17F2N5O4/c1-32-20-9-14(24)18(29(30)31)10-16(20)27-22-25-5-4-15(26-22)21-13-3-2-12(23)8-17(13)28-6-7-33-11-19(21)28/h2-5,8-10H,6-7,11H2,1H3,(H,25,26,27). The van der Waals surface area contributed by atoms with Gasteiger partial charge >= 0.3 is 5.69 Å². The lowest BCUT2D eigenvalue weighted by Gasteiger charge is -2.18. The molecule has 168 valence electrons. The highest BCUT2D eigenvalue weighted by Crippen LogP contribution is 2.37. The van der Waals surface area contributed by atoms with E-state index in [1.807, 2.05) is 4.57 Å². The van der Waals surface area contributed by atoms with E-state index in [2.05, 4.69) is 15.3 Å². The summed E-state index contributed by atoms with van der Waals surface area (Å²) in [5, 5.41) is 14.8. The van der Waals surface area contributed by atoms with Gasteiger partial charge in [-0.3, -0.25) is 10.1 Å². The van der Waals surface area contributed by atoms with E-state index < -0.39 is 16.4 Å². The van der Waals surface area contributed by atoms with Crippen molar-refractivity contribution >= 4 is 28.2 Å². The molecule has 0 saturated heterocycles. The fourth-order valence-electron chi connectivity index (χ4n) is 4.02. The lowest BCUT2D eigenvalue weighted by atomic mass is 10.1. The molecular formula is C22H17F2N5O4. The number of nitrogens with zero attached hydrogens (tertiary/aromatic N) is 4. The summed E-state index contributed by atoms with van der Waals surface area (Å²) in [6.07, 6.45) is 1.53. The van der Waals surface area contributed by atoms with Gasteiger partial charge < -0.3 is 19.4 Å². The van der Waals surface area contributed by atoms with Gasteiger partial charge in [0.25, 0.3) is 0 Å². The molecule has 0 amide bonds. The van der Waals surface area contributed by atoms with Crippen molar-refractivity contribution in [1.29, 1.82) is 0 Å². The van der Waals surface area contributed by atoms with Gasteiger partial charge in [-0.15, -0.1) is 0 Å². The number of halogens is 2. The molecule has 11 heteroatoms. The highest BCUT2D eigenvalue weighted by atomic mass is 19.1. The SMILES string of the molecule is COc1cc(F)c([N+](=O)[O-])cc1Nc1nccc(-c2c3n(c4cc(F)ccc24)CCOC3)n1. The quantitative estimate of drug-likeness (QED) is 0.349. The molecule has 9 nitrogen and oxygen atoms in total. The normalized spacial score (nSPS) is 13.1. The molecule has 1 aliphatic heterocycles. The third-order valence-corrected chi connectivity index (χ3v) is 5.46. The third-order valence-electron chi connectivity index (χ3n) is 5.46. The molecule has 0 bridgehead atoms. The zero-order valence-electron chi connectivity index (χ0n) is 17.3. The van der Waals surface area contributed by atoms with Crippen LogP contribution in [-0.2, 0) is 17.9 Å². The minimum Gasteiger partial charge on any atom is -0.494 e. The number of nitrogens with one attached hydrogen (secondary N) is 1. The molecule has 0 saturated carbocycles. The van der Waals surface area contributed by atoms with Crippen molar-refractivity contribution in [1.82, 2.24) is 14.5 Å². The van der Waals surface area contributed by atoms with E-state index in [4.69, 9.17) is 9.47 Å². The molecule has 2 aromatic heterocycles. The van der Waals surface area contributed by atoms with Crippen molar-refractivity contribution in [3.63, 3.8) is 0 Å². The molecule has 1 N–H and O–H groups in total. The number of ether oxygens (including phenoxy) is 2. The van der Waals surface area contributed by atoms with Crippen LogP contribution in [0.4, 0.5) is 26.1 Å². The topological polar surface area (TPSA) is 104 Å². The molecule has 0 radical (unpaired) electrons. The van der Waals surface area contributed by atoms with Crippen LogP contribution in [0, 0.1) is 21.7 Å². The van der Waals surface area contributed by atoms with Gasteiger partial charge in [0.1, 0.15) is 11.6 Å². The maximum absolute atomic E-state index is 14.0. The number of benzene rings is 2. The van der Waals surface area contributed by atoms with Crippen molar-refractivity contribution in [2.45, 2.75) is 13.2 Å². The molecule has 2 aromatic carbocycles. The Labute approximate surface area is 185 Å². The van der Waals surface area contributed by atoms with Crippen LogP contribution in [0.25, 0.3) is 22.2 Å². The summed E-state index contributed by atoms with van der Waals surface area (Å²) in [5.41, 5.74) is 2.37. The number of hydrogen-bond donors (Lipinski definition) is 1. The Morgan fingerprint density at radius 1 is 1.24 bits per heavy atom. The van der Waals surface area contributed by atoms with Gasteiger partial charge in [-0.2, -0.15) is 4.39 Å². The lowest BCUT2D eigenvalue weighted by Crippen LogP contribution is -2.16. The first-order valence-corrected chi connectivity index (χ1v) is 9.97. The number of nitro benzene ring substituents is 1. The van der Waals surface area contributed by atoms with Gasteiger partial charge in [0.05, 0.1) is 47.8 Å². The van der Waals surface area contributed by atoms with E-state index in [0.717, 1.165) is 34.3 Å². The fraction of sp³-hybridized carbons (Fsp3) is 0.182. The second-order valence-corrected chi connectivity index (χ2v) is 7.34. The van der Waals surface area contributed by atoms with Gasteiger partial charge in [-0.05, 0) is 24.3 Å². The molecule has 0 aliphatic carbocycles. The average molecular weight is 453 g/mol. The van der Waals surface area contributed by atoms with Crippen LogP contribution in [0.1, 0.15) is 5.69 Å². The molecule has 4 aromatic rings. The summed E-state index contributed by atoms with van der Waals surface area (Å²) in [7, 11) is 1.32. The molecule has 0 fully saturated rings. The number of fused-ring (bicyclic) bond motifs is 3. The Morgan fingerprint density at radius 3 is 2.88 bits per heavy atom. The second kappa shape index (κ2) is 8.10. The summed E-state index contributed by atoms with van der Waals surface area (Å²) in [6, 6.07) is 8.23. The predicted octanol–water partition coefficient (Wildman–Crippen LogP) is 4.57. The van der Waals surface area contributed by atoms with Crippen LogP contribution in [-0.4, -0.2) is 33.2 Å². The number of aromatic nitrogens is 3. The van der Waals surface area contributed by atoms with E-state index in [1.54, 1.807) is 12.1 Å². The average Bonchev–Trinajstić information content (AvgIpc) is 3.13. The lowest BCUT2D eigenvalue weighted by molar-refractivity contribution is -0.387. The molecular weight excluding hydrogens is 436 g/mol. The van der Waals surface area contributed by atoms with E-state index >= 15 is 0 Å². The number of hydrogen-bond acceptors (Lipinski definition) is 7. The highest BCUT2D eigenvalue weighted by molar-refractivity contribution is 5.97. The van der Waals surface area contributed by atoms with Crippen LogP contribution >= 0.6 is 0 Å². The fourth-order valence-corrected chi connectivity index (χ4v) is 4.02. The summed E-state index contributed by atoms with van der Waals surface area (Å²) < 4.78 is 40.7. The van der Waals surface area contributed by atoms with Gasteiger partial charge in [0.15, 0.2) is 0 Å².